The topological polar surface area (TPSA) is 35.5 Å². The SMILES string of the molecule is CCOC(=O)C(Cl)Cc1ccc(OCc2ccccc2)cc1. The van der Waals surface area contributed by atoms with Crippen molar-refractivity contribution in [2.45, 2.75) is 25.3 Å². The molecule has 0 spiro atoms. The summed E-state index contributed by atoms with van der Waals surface area (Å²) in [6.45, 7) is 2.63. The monoisotopic (exact) mass is 318 g/mol. The number of carbonyl (C=O) groups is 1. The number of alkyl halides is 1. The van der Waals surface area contributed by atoms with Crippen molar-refractivity contribution in [2.75, 3.05) is 6.61 Å². The molecule has 2 rings (SSSR count). The van der Waals surface area contributed by atoms with E-state index in [-0.39, 0.29) is 5.97 Å². The fraction of sp³-hybridized carbons (Fsp3) is 0.278. The van der Waals surface area contributed by atoms with Crippen molar-refractivity contribution in [2.24, 2.45) is 0 Å². The van der Waals surface area contributed by atoms with Gasteiger partial charge in [-0.05, 0) is 36.6 Å². The van der Waals surface area contributed by atoms with Crippen molar-refractivity contribution in [3.63, 3.8) is 0 Å². The smallest absolute Gasteiger partial charge is 0.324 e. The van der Waals surface area contributed by atoms with Gasteiger partial charge in [-0.3, -0.25) is 4.79 Å². The fourth-order valence-electron chi connectivity index (χ4n) is 1.99. The molecular weight excluding hydrogens is 300 g/mol. The number of hydrogen-bond donors (Lipinski definition) is 0. The molecule has 0 aliphatic heterocycles. The summed E-state index contributed by atoms with van der Waals surface area (Å²) in [7, 11) is 0. The van der Waals surface area contributed by atoms with Gasteiger partial charge in [0.1, 0.15) is 17.7 Å². The van der Waals surface area contributed by atoms with Crippen LogP contribution < -0.4 is 4.74 Å². The normalized spacial score (nSPS) is 11.7. The van der Waals surface area contributed by atoms with Crippen molar-refractivity contribution >= 4 is 17.6 Å². The minimum Gasteiger partial charge on any atom is -0.489 e. The standard InChI is InChI=1S/C18H19ClO3/c1-2-21-18(20)17(19)12-14-8-10-16(11-9-14)22-13-15-6-4-3-5-7-15/h3-11,17H,2,12-13H2,1H3. The predicted octanol–water partition coefficient (Wildman–Crippen LogP) is 3.98. The number of benzene rings is 2. The lowest BCUT2D eigenvalue weighted by Crippen LogP contribution is -2.20. The van der Waals surface area contributed by atoms with E-state index in [1.807, 2.05) is 54.6 Å². The van der Waals surface area contributed by atoms with E-state index in [9.17, 15) is 4.79 Å². The maximum atomic E-state index is 11.5. The molecule has 0 aliphatic carbocycles. The van der Waals surface area contributed by atoms with Crippen LogP contribution in [0.5, 0.6) is 5.75 Å². The van der Waals surface area contributed by atoms with Gasteiger partial charge in [0.15, 0.2) is 0 Å². The minimum atomic E-state index is -0.656. The lowest BCUT2D eigenvalue weighted by Gasteiger charge is -2.10. The van der Waals surface area contributed by atoms with E-state index in [0.717, 1.165) is 16.9 Å². The molecule has 0 saturated heterocycles. The van der Waals surface area contributed by atoms with Gasteiger partial charge in [0.2, 0.25) is 0 Å². The molecule has 2 aromatic rings. The van der Waals surface area contributed by atoms with Crippen LogP contribution in [0.3, 0.4) is 0 Å². The Hall–Kier alpha value is -2.00. The summed E-state index contributed by atoms with van der Waals surface area (Å²) < 4.78 is 10.6. The fourth-order valence-corrected chi connectivity index (χ4v) is 2.23. The minimum absolute atomic E-state index is 0.342. The van der Waals surface area contributed by atoms with Gasteiger partial charge in [0.05, 0.1) is 6.61 Å². The molecule has 1 atom stereocenters. The maximum absolute atomic E-state index is 11.5. The van der Waals surface area contributed by atoms with E-state index in [1.165, 1.54) is 0 Å². The Morgan fingerprint density at radius 3 is 2.36 bits per heavy atom. The van der Waals surface area contributed by atoms with Gasteiger partial charge in [-0.2, -0.15) is 0 Å². The Labute approximate surface area is 135 Å². The van der Waals surface area contributed by atoms with Crippen LogP contribution >= 0.6 is 11.6 Å². The molecule has 1 unspecified atom stereocenters. The molecule has 4 heteroatoms. The van der Waals surface area contributed by atoms with Crippen LogP contribution in [0.4, 0.5) is 0 Å². The van der Waals surface area contributed by atoms with Crippen LogP contribution in [-0.4, -0.2) is 18.0 Å². The molecule has 0 bridgehead atoms. The van der Waals surface area contributed by atoms with Gasteiger partial charge in [-0.1, -0.05) is 42.5 Å². The zero-order valence-electron chi connectivity index (χ0n) is 12.5. The van der Waals surface area contributed by atoms with E-state index in [0.29, 0.717) is 19.6 Å². The molecule has 0 aromatic heterocycles. The number of ether oxygens (including phenoxy) is 2. The summed E-state index contributed by atoms with van der Waals surface area (Å²) in [6.07, 6.45) is 0.444. The lowest BCUT2D eigenvalue weighted by atomic mass is 10.1. The van der Waals surface area contributed by atoms with Gasteiger partial charge >= 0.3 is 5.97 Å². The quantitative estimate of drug-likeness (QED) is 0.572. The van der Waals surface area contributed by atoms with Crippen LogP contribution in [0, 0.1) is 0 Å². The third-order valence-electron chi connectivity index (χ3n) is 3.13. The van der Waals surface area contributed by atoms with E-state index in [2.05, 4.69) is 0 Å². The average Bonchev–Trinajstić information content (AvgIpc) is 2.55. The molecule has 0 amide bonds. The van der Waals surface area contributed by atoms with Crippen LogP contribution in [0.1, 0.15) is 18.1 Å². The molecule has 0 aliphatic rings. The summed E-state index contributed by atoms with van der Waals surface area (Å²) in [5.41, 5.74) is 2.09. The highest BCUT2D eigenvalue weighted by Crippen LogP contribution is 2.17. The summed E-state index contributed by atoms with van der Waals surface area (Å²) in [6, 6.07) is 17.6. The third-order valence-corrected chi connectivity index (χ3v) is 3.46. The van der Waals surface area contributed by atoms with Gasteiger partial charge in [0.25, 0.3) is 0 Å². The first-order valence-electron chi connectivity index (χ1n) is 7.25. The molecular formula is C18H19ClO3. The number of rotatable bonds is 7. The summed E-state index contributed by atoms with van der Waals surface area (Å²) in [5.74, 6) is 0.406. The largest absolute Gasteiger partial charge is 0.489 e. The Morgan fingerprint density at radius 2 is 1.73 bits per heavy atom. The third kappa shape index (κ3) is 5.08. The van der Waals surface area contributed by atoms with Crippen LogP contribution in [0.2, 0.25) is 0 Å². The van der Waals surface area contributed by atoms with Gasteiger partial charge in [-0.25, -0.2) is 0 Å². The van der Waals surface area contributed by atoms with Crippen molar-refractivity contribution in [3.05, 3.63) is 65.7 Å². The van der Waals surface area contributed by atoms with Crippen molar-refractivity contribution in [3.8, 4) is 5.75 Å². The van der Waals surface area contributed by atoms with E-state index >= 15 is 0 Å². The first kappa shape index (κ1) is 16.4. The van der Waals surface area contributed by atoms with Crippen molar-refractivity contribution < 1.29 is 14.3 Å². The van der Waals surface area contributed by atoms with E-state index in [4.69, 9.17) is 21.1 Å². The predicted molar refractivity (Wildman–Crippen MR) is 87.2 cm³/mol. The zero-order valence-corrected chi connectivity index (χ0v) is 13.3. The summed E-state index contributed by atoms with van der Waals surface area (Å²) in [5, 5.41) is -0.656. The maximum Gasteiger partial charge on any atom is 0.324 e. The first-order valence-corrected chi connectivity index (χ1v) is 7.69. The molecule has 116 valence electrons. The second kappa shape index (κ2) is 8.44. The van der Waals surface area contributed by atoms with Crippen molar-refractivity contribution in [1.82, 2.24) is 0 Å². The lowest BCUT2D eigenvalue weighted by molar-refractivity contribution is -0.142. The van der Waals surface area contributed by atoms with Crippen LogP contribution in [0.25, 0.3) is 0 Å². The zero-order chi connectivity index (χ0) is 15.8. The highest BCUT2D eigenvalue weighted by atomic mass is 35.5. The molecule has 22 heavy (non-hydrogen) atoms. The van der Waals surface area contributed by atoms with Crippen LogP contribution in [-0.2, 0) is 22.6 Å². The Balaban J connectivity index is 1.86. The Kier molecular flexibility index (Phi) is 6.28. The second-order valence-electron chi connectivity index (χ2n) is 4.84. The highest BCUT2D eigenvalue weighted by molar-refractivity contribution is 6.30. The number of halogens is 1. The van der Waals surface area contributed by atoms with Gasteiger partial charge in [-0.15, -0.1) is 11.6 Å². The molecule has 0 saturated carbocycles. The van der Waals surface area contributed by atoms with E-state index in [1.54, 1.807) is 6.92 Å². The molecule has 2 aromatic carbocycles. The molecule has 3 nitrogen and oxygen atoms in total. The van der Waals surface area contributed by atoms with Gasteiger partial charge in [0, 0.05) is 0 Å². The molecule has 0 N–H and O–H groups in total. The summed E-state index contributed by atoms with van der Waals surface area (Å²) >= 11 is 6.02. The molecule has 0 heterocycles. The molecule has 0 radical (unpaired) electrons. The van der Waals surface area contributed by atoms with Crippen molar-refractivity contribution in [1.29, 1.82) is 0 Å². The van der Waals surface area contributed by atoms with E-state index < -0.39 is 5.38 Å². The Morgan fingerprint density at radius 1 is 1.05 bits per heavy atom. The number of esters is 1. The number of hydrogen-bond acceptors (Lipinski definition) is 3. The van der Waals surface area contributed by atoms with Gasteiger partial charge < -0.3 is 9.47 Å². The highest BCUT2D eigenvalue weighted by Gasteiger charge is 2.16. The van der Waals surface area contributed by atoms with Crippen LogP contribution in [0.15, 0.2) is 54.6 Å². The first-order chi connectivity index (χ1) is 10.7. The molecule has 0 fully saturated rings. The summed E-state index contributed by atoms with van der Waals surface area (Å²) in [4.78, 5) is 11.5. The second-order valence-corrected chi connectivity index (χ2v) is 5.37. The Bertz CT molecular complexity index is 581. The average molecular weight is 319 g/mol. The number of carbonyl (C=O) groups excluding carboxylic acids is 1.